The lowest BCUT2D eigenvalue weighted by Gasteiger charge is -1.98. The summed E-state index contributed by atoms with van der Waals surface area (Å²) in [7, 11) is 0. The van der Waals surface area contributed by atoms with Crippen LogP contribution in [0.3, 0.4) is 0 Å². The summed E-state index contributed by atoms with van der Waals surface area (Å²) in [5, 5.41) is 10.0. The molecule has 0 fully saturated rings. The Morgan fingerprint density at radius 1 is 1.12 bits per heavy atom. The first-order valence-corrected chi connectivity index (χ1v) is 5.55. The van der Waals surface area contributed by atoms with E-state index in [0.717, 1.165) is 16.6 Å². The zero-order chi connectivity index (χ0) is 11.8. The number of nitrogens with zero attached hydrogens (tertiary/aromatic N) is 1. The fourth-order valence-electron chi connectivity index (χ4n) is 1.78. The van der Waals surface area contributed by atoms with Gasteiger partial charge in [0.2, 0.25) is 0 Å². The summed E-state index contributed by atoms with van der Waals surface area (Å²) in [6.45, 7) is 0. The Hall–Kier alpha value is -2.00. The smallest absolute Gasteiger partial charge is 0.139 e. The second kappa shape index (κ2) is 3.79. The second-order valence-electron chi connectivity index (χ2n) is 3.77. The molecule has 1 aromatic heterocycles. The van der Waals surface area contributed by atoms with Crippen LogP contribution in [0.1, 0.15) is 0 Å². The number of halogens is 1. The third kappa shape index (κ3) is 1.74. The van der Waals surface area contributed by atoms with Crippen LogP contribution in [0.2, 0.25) is 5.02 Å². The molecule has 3 rings (SSSR count). The third-order valence-corrected chi connectivity index (χ3v) is 2.92. The van der Waals surface area contributed by atoms with Crippen LogP contribution in [0.25, 0.3) is 22.4 Å². The van der Waals surface area contributed by atoms with E-state index in [0.29, 0.717) is 10.8 Å². The number of hydrogen-bond donors (Lipinski definition) is 2. The van der Waals surface area contributed by atoms with E-state index in [1.807, 2.05) is 24.3 Å². The van der Waals surface area contributed by atoms with Crippen LogP contribution >= 0.6 is 11.6 Å². The molecule has 0 bridgehead atoms. The fraction of sp³-hybridized carbons (Fsp3) is 0. The van der Waals surface area contributed by atoms with Crippen molar-refractivity contribution in [2.24, 2.45) is 0 Å². The Morgan fingerprint density at radius 2 is 1.94 bits per heavy atom. The van der Waals surface area contributed by atoms with Gasteiger partial charge >= 0.3 is 0 Å². The Morgan fingerprint density at radius 3 is 2.76 bits per heavy atom. The van der Waals surface area contributed by atoms with Crippen LogP contribution in [-0.2, 0) is 0 Å². The van der Waals surface area contributed by atoms with Gasteiger partial charge in [0.15, 0.2) is 0 Å². The maximum absolute atomic E-state index is 9.39. The number of fused-ring (bicyclic) bond motifs is 1. The highest BCUT2D eigenvalue weighted by atomic mass is 35.5. The lowest BCUT2D eigenvalue weighted by Crippen LogP contribution is -1.80. The third-order valence-electron chi connectivity index (χ3n) is 2.59. The van der Waals surface area contributed by atoms with E-state index in [1.54, 1.807) is 18.2 Å². The molecule has 0 saturated carbocycles. The predicted molar refractivity (Wildman–Crippen MR) is 68.2 cm³/mol. The van der Waals surface area contributed by atoms with E-state index in [4.69, 9.17) is 11.6 Å². The lowest BCUT2D eigenvalue weighted by atomic mass is 10.2. The monoisotopic (exact) mass is 244 g/mol. The van der Waals surface area contributed by atoms with Crippen molar-refractivity contribution in [3.05, 3.63) is 47.5 Å². The molecule has 1 heterocycles. The van der Waals surface area contributed by atoms with E-state index in [-0.39, 0.29) is 5.75 Å². The molecule has 84 valence electrons. The minimum Gasteiger partial charge on any atom is -0.508 e. The van der Waals surface area contributed by atoms with Gasteiger partial charge in [-0.1, -0.05) is 23.7 Å². The number of aromatic nitrogens is 2. The van der Waals surface area contributed by atoms with E-state index in [2.05, 4.69) is 9.97 Å². The molecule has 0 radical (unpaired) electrons. The molecule has 3 aromatic rings. The highest BCUT2D eigenvalue weighted by molar-refractivity contribution is 6.33. The normalized spacial score (nSPS) is 10.9. The summed E-state index contributed by atoms with van der Waals surface area (Å²) in [6.07, 6.45) is 0. The quantitative estimate of drug-likeness (QED) is 0.687. The molecule has 0 aliphatic rings. The molecule has 17 heavy (non-hydrogen) atoms. The predicted octanol–water partition coefficient (Wildman–Crippen LogP) is 3.59. The standard InChI is InChI=1S/C13H9ClN2O/c14-10-4-2-1-3-9(10)13-15-11-6-5-8(17)7-12(11)16-13/h1-7,17H,(H,15,16). The molecule has 0 atom stereocenters. The average molecular weight is 245 g/mol. The van der Waals surface area contributed by atoms with E-state index in [9.17, 15) is 5.11 Å². The maximum Gasteiger partial charge on any atom is 0.139 e. The van der Waals surface area contributed by atoms with Gasteiger partial charge in [-0.2, -0.15) is 0 Å². The van der Waals surface area contributed by atoms with Crippen molar-refractivity contribution in [3.8, 4) is 17.1 Å². The van der Waals surface area contributed by atoms with Gasteiger partial charge in [0.05, 0.1) is 16.1 Å². The number of phenolic OH excluding ortho intramolecular Hbond substituents is 1. The van der Waals surface area contributed by atoms with Gasteiger partial charge in [0.25, 0.3) is 0 Å². The molecule has 0 aliphatic heterocycles. The Labute approximate surface area is 103 Å². The highest BCUT2D eigenvalue weighted by Gasteiger charge is 2.08. The molecule has 0 spiro atoms. The first-order valence-electron chi connectivity index (χ1n) is 5.18. The molecule has 4 heteroatoms. The summed E-state index contributed by atoms with van der Waals surface area (Å²) >= 11 is 6.11. The number of phenols is 1. The van der Waals surface area contributed by atoms with Crippen molar-refractivity contribution in [2.45, 2.75) is 0 Å². The van der Waals surface area contributed by atoms with Crippen molar-refractivity contribution >= 4 is 22.6 Å². The maximum atomic E-state index is 9.39. The molecule has 2 N–H and O–H groups in total. The topological polar surface area (TPSA) is 48.9 Å². The summed E-state index contributed by atoms with van der Waals surface area (Å²) in [5.41, 5.74) is 2.45. The summed E-state index contributed by atoms with van der Waals surface area (Å²) < 4.78 is 0. The van der Waals surface area contributed by atoms with Crippen molar-refractivity contribution in [3.63, 3.8) is 0 Å². The zero-order valence-electron chi connectivity index (χ0n) is 8.81. The molecular formula is C13H9ClN2O. The number of nitrogens with one attached hydrogen (secondary N) is 1. The van der Waals surface area contributed by atoms with E-state index in [1.165, 1.54) is 0 Å². The first kappa shape index (κ1) is 10.2. The van der Waals surface area contributed by atoms with Gasteiger partial charge in [0, 0.05) is 11.6 Å². The number of aromatic hydroxyl groups is 1. The number of aromatic amines is 1. The molecular weight excluding hydrogens is 236 g/mol. The van der Waals surface area contributed by atoms with Crippen molar-refractivity contribution in [1.82, 2.24) is 9.97 Å². The average Bonchev–Trinajstić information content (AvgIpc) is 2.72. The molecule has 0 aliphatic carbocycles. The van der Waals surface area contributed by atoms with Gasteiger partial charge in [-0.25, -0.2) is 4.98 Å². The van der Waals surface area contributed by atoms with Crippen LogP contribution in [0.15, 0.2) is 42.5 Å². The fourth-order valence-corrected chi connectivity index (χ4v) is 2.00. The Bertz CT molecular complexity index is 691. The number of H-pyrrole nitrogens is 1. The molecule has 3 nitrogen and oxygen atoms in total. The van der Waals surface area contributed by atoms with E-state index < -0.39 is 0 Å². The van der Waals surface area contributed by atoms with E-state index >= 15 is 0 Å². The number of rotatable bonds is 1. The molecule has 0 saturated heterocycles. The van der Waals surface area contributed by atoms with Gasteiger partial charge in [-0.05, 0) is 24.3 Å². The van der Waals surface area contributed by atoms with Crippen molar-refractivity contribution < 1.29 is 5.11 Å². The van der Waals surface area contributed by atoms with Crippen LogP contribution in [0.4, 0.5) is 0 Å². The van der Waals surface area contributed by atoms with Crippen LogP contribution in [-0.4, -0.2) is 15.1 Å². The highest BCUT2D eigenvalue weighted by Crippen LogP contribution is 2.28. The largest absolute Gasteiger partial charge is 0.508 e. The van der Waals surface area contributed by atoms with Gasteiger partial charge in [-0.3, -0.25) is 0 Å². The number of benzene rings is 2. The van der Waals surface area contributed by atoms with Gasteiger partial charge in [-0.15, -0.1) is 0 Å². The van der Waals surface area contributed by atoms with Gasteiger partial charge < -0.3 is 10.1 Å². The van der Waals surface area contributed by atoms with Gasteiger partial charge in [0.1, 0.15) is 11.6 Å². The SMILES string of the molecule is Oc1ccc2nc(-c3ccccc3Cl)[nH]c2c1. The number of hydrogen-bond acceptors (Lipinski definition) is 2. The molecule has 0 amide bonds. The second-order valence-corrected chi connectivity index (χ2v) is 4.17. The Balaban J connectivity index is 2.22. The lowest BCUT2D eigenvalue weighted by molar-refractivity contribution is 0.476. The number of imidazole rings is 1. The molecule has 0 unspecified atom stereocenters. The minimum atomic E-state index is 0.215. The Kier molecular flexibility index (Phi) is 2.27. The van der Waals surface area contributed by atoms with Crippen LogP contribution in [0, 0.1) is 0 Å². The first-order chi connectivity index (χ1) is 8.24. The summed E-state index contributed by atoms with van der Waals surface area (Å²) in [4.78, 5) is 7.57. The van der Waals surface area contributed by atoms with Crippen molar-refractivity contribution in [1.29, 1.82) is 0 Å². The summed E-state index contributed by atoms with van der Waals surface area (Å²) in [5.74, 6) is 0.919. The zero-order valence-corrected chi connectivity index (χ0v) is 9.57. The van der Waals surface area contributed by atoms with Crippen molar-refractivity contribution in [2.75, 3.05) is 0 Å². The van der Waals surface area contributed by atoms with Crippen LogP contribution in [0.5, 0.6) is 5.75 Å². The summed E-state index contributed by atoms with van der Waals surface area (Å²) in [6, 6.07) is 12.5. The minimum absolute atomic E-state index is 0.215. The molecule has 2 aromatic carbocycles. The van der Waals surface area contributed by atoms with Crippen LogP contribution < -0.4 is 0 Å².